The summed E-state index contributed by atoms with van der Waals surface area (Å²) in [6.45, 7) is 1.51. The normalized spacial score (nSPS) is 12.2. The predicted octanol–water partition coefficient (Wildman–Crippen LogP) is 4.40. The summed E-state index contributed by atoms with van der Waals surface area (Å²) in [5, 5.41) is 20.5. The highest BCUT2D eigenvalue weighted by Crippen LogP contribution is 2.43. The highest BCUT2D eigenvalue weighted by molar-refractivity contribution is 9.10. The van der Waals surface area contributed by atoms with Gasteiger partial charge in [0.1, 0.15) is 11.6 Å². The second-order valence-corrected chi connectivity index (χ2v) is 5.83. The summed E-state index contributed by atoms with van der Waals surface area (Å²) >= 11 is 4.10. The highest BCUT2D eigenvalue weighted by Gasteiger charge is 2.23. The van der Waals surface area contributed by atoms with Crippen LogP contribution in [0.5, 0.6) is 10.8 Å². The Morgan fingerprint density at radius 3 is 2.75 bits per heavy atom. The molecule has 5 nitrogen and oxygen atoms in total. The van der Waals surface area contributed by atoms with Gasteiger partial charge in [0.25, 0.3) is 5.06 Å². The number of benzene rings is 1. The first-order valence-electron chi connectivity index (χ1n) is 5.47. The Labute approximate surface area is 125 Å². The fraction of sp³-hybridized carbons (Fsp3) is 0.167. The third-order valence-electron chi connectivity index (χ3n) is 2.40. The Morgan fingerprint density at radius 2 is 2.20 bits per heavy atom. The third kappa shape index (κ3) is 3.14. The van der Waals surface area contributed by atoms with Crippen LogP contribution in [-0.2, 0) is 0 Å². The first kappa shape index (κ1) is 14.9. The zero-order valence-corrected chi connectivity index (χ0v) is 12.6. The van der Waals surface area contributed by atoms with Gasteiger partial charge >= 0.3 is 5.69 Å². The molecule has 2 rings (SSSR count). The van der Waals surface area contributed by atoms with Gasteiger partial charge < -0.3 is 9.84 Å². The van der Waals surface area contributed by atoms with Crippen molar-refractivity contribution in [3.8, 4) is 10.8 Å². The van der Waals surface area contributed by atoms with Gasteiger partial charge in [-0.25, -0.2) is 4.39 Å². The first-order valence-corrected chi connectivity index (χ1v) is 7.08. The van der Waals surface area contributed by atoms with E-state index in [4.69, 9.17) is 4.74 Å². The van der Waals surface area contributed by atoms with Crippen molar-refractivity contribution < 1.29 is 19.2 Å². The maximum absolute atomic E-state index is 13.0. The first-order chi connectivity index (χ1) is 9.38. The van der Waals surface area contributed by atoms with Crippen molar-refractivity contribution in [3.05, 3.63) is 49.5 Å². The van der Waals surface area contributed by atoms with Crippen LogP contribution in [0.15, 0.2) is 28.7 Å². The molecule has 1 N–H and O–H groups in total. The van der Waals surface area contributed by atoms with E-state index in [-0.39, 0.29) is 16.5 Å². The highest BCUT2D eigenvalue weighted by atomic mass is 79.9. The lowest BCUT2D eigenvalue weighted by Gasteiger charge is -2.05. The molecule has 106 valence electrons. The van der Waals surface area contributed by atoms with Gasteiger partial charge in [-0.2, -0.15) is 0 Å². The molecule has 0 saturated heterocycles. The second kappa shape index (κ2) is 5.86. The summed E-state index contributed by atoms with van der Waals surface area (Å²) in [7, 11) is 0. The van der Waals surface area contributed by atoms with Crippen molar-refractivity contribution >= 4 is 33.0 Å². The van der Waals surface area contributed by atoms with Gasteiger partial charge in [0.15, 0.2) is 0 Å². The quantitative estimate of drug-likeness (QED) is 0.646. The topological polar surface area (TPSA) is 72.6 Å². The largest absolute Gasteiger partial charge is 0.439 e. The van der Waals surface area contributed by atoms with Crippen LogP contribution in [0.4, 0.5) is 10.1 Å². The molecule has 0 saturated carbocycles. The molecule has 0 aliphatic rings. The van der Waals surface area contributed by atoms with Crippen LogP contribution in [0.25, 0.3) is 0 Å². The van der Waals surface area contributed by atoms with Gasteiger partial charge in [0.2, 0.25) is 0 Å². The maximum Gasteiger partial charge on any atom is 0.323 e. The Bertz CT molecular complexity index is 659. The summed E-state index contributed by atoms with van der Waals surface area (Å²) in [4.78, 5) is 10.8. The number of thiophene rings is 1. The minimum absolute atomic E-state index is 0.0400. The minimum Gasteiger partial charge on any atom is -0.439 e. The molecule has 1 atom stereocenters. The van der Waals surface area contributed by atoms with Gasteiger partial charge in [-0.1, -0.05) is 11.3 Å². The van der Waals surface area contributed by atoms with Crippen molar-refractivity contribution in [1.82, 2.24) is 0 Å². The number of ether oxygens (including phenoxy) is 1. The van der Waals surface area contributed by atoms with E-state index in [2.05, 4.69) is 15.9 Å². The van der Waals surface area contributed by atoms with Crippen molar-refractivity contribution in [2.45, 2.75) is 13.0 Å². The number of nitrogens with zero attached hydrogens (tertiary/aromatic N) is 1. The van der Waals surface area contributed by atoms with Gasteiger partial charge in [0, 0.05) is 10.9 Å². The monoisotopic (exact) mass is 361 g/mol. The van der Waals surface area contributed by atoms with E-state index in [0.717, 1.165) is 11.3 Å². The van der Waals surface area contributed by atoms with Crippen LogP contribution in [0.1, 0.15) is 17.9 Å². The van der Waals surface area contributed by atoms with Crippen molar-refractivity contribution in [1.29, 1.82) is 0 Å². The van der Waals surface area contributed by atoms with E-state index in [1.807, 2.05) is 0 Å². The van der Waals surface area contributed by atoms with Crippen molar-refractivity contribution in [2.75, 3.05) is 0 Å². The molecule has 20 heavy (non-hydrogen) atoms. The van der Waals surface area contributed by atoms with E-state index in [1.165, 1.54) is 31.2 Å². The van der Waals surface area contributed by atoms with Gasteiger partial charge in [0.05, 0.1) is 15.5 Å². The summed E-state index contributed by atoms with van der Waals surface area (Å²) in [5.74, 6) is -0.192. The number of nitro groups is 1. The van der Waals surface area contributed by atoms with Crippen molar-refractivity contribution in [2.24, 2.45) is 0 Å². The average Bonchev–Trinajstić information content (AvgIpc) is 2.77. The average molecular weight is 362 g/mol. The molecule has 0 bridgehead atoms. The number of hydrogen-bond donors (Lipinski definition) is 1. The molecule has 0 aliphatic heterocycles. The van der Waals surface area contributed by atoms with Crippen molar-refractivity contribution in [3.63, 3.8) is 0 Å². The molecule has 0 fully saturated rings. The van der Waals surface area contributed by atoms with Crippen LogP contribution < -0.4 is 4.74 Å². The lowest BCUT2D eigenvalue weighted by Crippen LogP contribution is -1.90. The molecule has 0 aliphatic carbocycles. The standard InChI is InChI=1S/C12H9BrFNO4S/c1-6(16)11-5-9(15(17)18)12(20-11)19-10-3-2-7(14)4-8(10)13/h2-6,16H,1H3/t6-/m0/s1. The van der Waals surface area contributed by atoms with Crippen LogP contribution in [0, 0.1) is 15.9 Å². The molecule has 0 radical (unpaired) electrons. The molecule has 1 aromatic carbocycles. The lowest BCUT2D eigenvalue weighted by molar-refractivity contribution is -0.385. The number of rotatable bonds is 4. The number of aliphatic hydroxyl groups is 1. The van der Waals surface area contributed by atoms with Crippen LogP contribution >= 0.6 is 27.3 Å². The fourth-order valence-corrected chi connectivity index (χ4v) is 2.80. The van der Waals surface area contributed by atoms with E-state index >= 15 is 0 Å². The number of aliphatic hydroxyl groups excluding tert-OH is 1. The molecule has 0 spiro atoms. The molecular weight excluding hydrogens is 353 g/mol. The lowest BCUT2D eigenvalue weighted by atomic mass is 10.3. The Morgan fingerprint density at radius 1 is 1.50 bits per heavy atom. The second-order valence-electron chi connectivity index (χ2n) is 3.93. The van der Waals surface area contributed by atoms with Crippen LogP contribution in [0.3, 0.4) is 0 Å². The number of halogens is 2. The van der Waals surface area contributed by atoms with E-state index in [1.54, 1.807) is 0 Å². The molecule has 2 aromatic rings. The summed E-state index contributed by atoms with van der Waals surface area (Å²) in [5.41, 5.74) is -0.234. The summed E-state index contributed by atoms with van der Waals surface area (Å²) < 4.78 is 18.8. The maximum atomic E-state index is 13.0. The summed E-state index contributed by atoms with van der Waals surface area (Å²) in [6.07, 6.45) is -0.826. The predicted molar refractivity (Wildman–Crippen MR) is 75.8 cm³/mol. The number of hydrogen-bond acceptors (Lipinski definition) is 5. The molecule has 1 aromatic heterocycles. The van der Waals surface area contributed by atoms with Gasteiger partial charge in [-0.3, -0.25) is 10.1 Å². The zero-order valence-electron chi connectivity index (χ0n) is 10.2. The molecule has 1 heterocycles. The van der Waals surface area contributed by atoms with E-state index in [0.29, 0.717) is 9.35 Å². The molecule has 8 heteroatoms. The van der Waals surface area contributed by atoms with E-state index in [9.17, 15) is 19.6 Å². The Balaban J connectivity index is 2.39. The van der Waals surface area contributed by atoms with Crippen LogP contribution in [-0.4, -0.2) is 10.0 Å². The SMILES string of the molecule is C[C@H](O)c1cc([N+](=O)[O-])c(Oc2ccc(F)cc2Br)s1. The zero-order chi connectivity index (χ0) is 14.9. The molecular formula is C12H9BrFNO4S. The molecule has 0 unspecified atom stereocenters. The molecule has 0 amide bonds. The Hall–Kier alpha value is -1.51. The fourth-order valence-electron chi connectivity index (χ4n) is 1.45. The van der Waals surface area contributed by atoms with Crippen LogP contribution in [0.2, 0.25) is 0 Å². The van der Waals surface area contributed by atoms with Gasteiger partial charge in [-0.15, -0.1) is 0 Å². The smallest absolute Gasteiger partial charge is 0.323 e. The van der Waals surface area contributed by atoms with E-state index < -0.39 is 16.8 Å². The van der Waals surface area contributed by atoms with Gasteiger partial charge in [-0.05, 0) is 41.1 Å². The minimum atomic E-state index is -0.826. The summed E-state index contributed by atoms with van der Waals surface area (Å²) in [6, 6.07) is 5.02. The third-order valence-corrected chi connectivity index (χ3v) is 4.20. The Kier molecular flexibility index (Phi) is 4.36.